The van der Waals surface area contributed by atoms with E-state index < -0.39 is 12.0 Å². The van der Waals surface area contributed by atoms with E-state index in [0.717, 1.165) is 19.3 Å². The van der Waals surface area contributed by atoms with Gasteiger partial charge >= 0.3 is 12.0 Å². The molecule has 1 aromatic carbocycles. The number of rotatable bonds is 5. The predicted octanol–water partition coefficient (Wildman–Crippen LogP) is 3.06. The van der Waals surface area contributed by atoms with E-state index in [0.29, 0.717) is 34.3 Å². The molecule has 3 rings (SSSR count). The third-order valence-electron chi connectivity index (χ3n) is 5.28. The van der Waals surface area contributed by atoms with Crippen LogP contribution in [0.15, 0.2) is 29.5 Å². The van der Waals surface area contributed by atoms with Gasteiger partial charge in [0.25, 0.3) is 0 Å². The molecule has 0 aromatic heterocycles. The van der Waals surface area contributed by atoms with Gasteiger partial charge in [0.1, 0.15) is 17.6 Å². The monoisotopic (exact) mass is 374 g/mol. The van der Waals surface area contributed by atoms with Crippen molar-refractivity contribution >= 4 is 12.0 Å². The maximum absolute atomic E-state index is 13.0. The molecule has 0 saturated heterocycles. The van der Waals surface area contributed by atoms with Gasteiger partial charge in [0.2, 0.25) is 0 Å². The van der Waals surface area contributed by atoms with E-state index in [4.69, 9.17) is 14.2 Å². The van der Waals surface area contributed by atoms with Gasteiger partial charge in [-0.25, -0.2) is 9.59 Å². The number of allylic oxidation sites excluding steroid dienone is 1. The number of hydrogen-bond donors (Lipinski definition) is 2. The van der Waals surface area contributed by atoms with Crippen LogP contribution in [0, 0.1) is 5.92 Å². The second kappa shape index (κ2) is 7.90. The van der Waals surface area contributed by atoms with Crippen molar-refractivity contribution in [2.45, 2.75) is 45.3 Å². The highest BCUT2D eigenvalue weighted by atomic mass is 16.5. The van der Waals surface area contributed by atoms with Gasteiger partial charge in [0, 0.05) is 11.3 Å². The molecule has 1 saturated carbocycles. The van der Waals surface area contributed by atoms with Crippen molar-refractivity contribution in [2.75, 3.05) is 14.2 Å². The summed E-state index contributed by atoms with van der Waals surface area (Å²) in [5.74, 6) is 1.07. The lowest BCUT2D eigenvalue weighted by atomic mass is 9.94. The number of ether oxygens (including phenoxy) is 3. The van der Waals surface area contributed by atoms with E-state index >= 15 is 0 Å². The number of amides is 2. The molecule has 0 bridgehead atoms. The second-order valence-corrected chi connectivity index (χ2v) is 7.03. The quantitative estimate of drug-likeness (QED) is 0.774. The van der Waals surface area contributed by atoms with Crippen LogP contribution in [0.25, 0.3) is 0 Å². The van der Waals surface area contributed by atoms with Crippen molar-refractivity contribution in [1.82, 2.24) is 10.6 Å². The van der Waals surface area contributed by atoms with E-state index in [1.165, 1.54) is 0 Å². The summed E-state index contributed by atoms with van der Waals surface area (Å²) in [4.78, 5) is 25.1. The number of methoxy groups -OCH3 is 2. The molecule has 1 aromatic rings. The molecule has 3 atom stereocenters. The fourth-order valence-electron chi connectivity index (χ4n) is 3.75. The molecule has 1 fully saturated rings. The normalized spacial score (nSPS) is 24.9. The molecule has 0 unspecified atom stereocenters. The van der Waals surface area contributed by atoms with Crippen LogP contribution in [0.5, 0.6) is 11.5 Å². The first-order chi connectivity index (χ1) is 12.9. The molecule has 0 radical (unpaired) electrons. The third kappa shape index (κ3) is 3.86. The molecule has 27 heavy (non-hydrogen) atoms. The smallest absolute Gasteiger partial charge is 0.338 e. The van der Waals surface area contributed by atoms with Gasteiger partial charge in [0.15, 0.2) is 0 Å². The lowest BCUT2D eigenvalue weighted by Crippen LogP contribution is -2.45. The molecule has 2 amide bonds. The highest BCUT2D eigenvalue weighted by Gasteiger charge is 2.36. The maximum atomic E-state index is 13.0. The zero-order valence-corrected chi connectivity index (χ0v) is 16.1. The van der Waals surface area contributed by atoms with Crippen LogP contribution < -0.4 is 20.1 Å². The Hall–Kier alpha value is -2.70. The number of carbonyl (C=O) groups excluding carboxylic acids is 2. The Bertz CT molecular complexity index is 774. The van der Waals surface area contributed by atoms with Crippen LogP contribution in [-0.4, -0.2) is 32.3 Å². The van der Waals surface area contributed by atoms with Crippen LogP contribution in [-0.2, 0) is 9.53 Å². The fraction of sp³-hybridized carbons (Fsp3) is 0.500. The number of esters is 1. The van der Waals surface area contributed by atoms with Crippen molar-refractivity contribution in [2.24, 2.45) is 5.92 Å². The van der Waals surface area contributed by atoms with Gasteiger partial charge < -0.3 is 24.8 Å². The Morgan fingerprint density at radius 1 is 1.19 bits per heavy atom. The van der Waals surface area contributed by atoms with E-state index in [-0.39, 0.29) is 12.1 Å². The average molecular weight is 374 g/mol. The van der Waals surface area contributed by atoms with Crippen LogP contribution in [0.2, 0.25) is 0 Å². The molecule has 146 valence electrons. The number of urea groups is 1. The summed E-state index contributed by atoms with van der Waals surface area (Å²) < 4.78 is 16.5. The predicted molar refractivity (Wildman–Crippen MR) is 99.5 cm³/mol. The minimum absolute atomic E-state index is 0.0942. The second-order valence-electron chi connectivity index (χ2n) is 7.03. The summed E-state index contributed by atoms with van der Waals surface area (Å²) in [7, 11) is 3.10. The fourth-order valence-corrected chi connectivity index (χ4v) is 3.75. The zero-order chi connectivity index (χ0) is 19.6. The number of hydrogen-bond acceptors (Lipinski definition) is 5. The molecule has 1 heterocycles. The Labute approximate surface area is 159 Å². The number of nitrogens with one attached hydrogen (secondary N) is 2. The highest BCUT2D eigenvalue weighted by molar-refractivity contribution is 5.95. The molecule has 7 nitrogen and oxygen atoms in total. The SMILES string of the molecule is COc1ccc(OC)c([C@H]2NC(=O)NC(C)=C2C(=O)O[C@H]2CCC[C@H]2C)c1. The number of carbonyl (C=O) groups is 2. The Balaban J connectivity index is 1.98. The number of benzene rings is 1. The minimum atomic E-state index is -0.687. The molecular weight excluding hydrogens is 348 g/mol. The standard InChI is InChI=1S/C20H26N2O5/c1-11-6-5-7-15(11)27-19(23)17-12(2)21-20(24)22-18(17)14-10-13(25-3)8-9-16(14)26-4/h8-11,15,18H,5-7H2,1-4H3,(H2,21,22,24)/t11-,15+,18-/m1/s1. The molecular formula is C20H26N2O5. The minimum Gasteiger partial charge on any atom is -0.497 e. The summed E-state index contributed by atoms with van der Waals surface area (Å²) in [5, 5.41) is 5.48. The van der Waals surface area contributed by atoms with E-state index in [1.54, 1.807) is 39.3 Å². The van der Waals surface area contributed by atoms with Crippen LogP contribution in [0.4, 0.5) is 4.79 Å². The van der Waals surface area contributed by atoms with Gasteiger partial charge in [-0.05, 0) is 50.3 Å². The van der Waals surface area contributed by atoms with Gasteiger partial charge in [-0.2, -0.15) is 0 Å². The molecule has 1 aliphatic heterocycles. The lowest BCUT2D eigenvalue weighted by Gasteiger charge is -2.30. The summed E-state index contributed by atoms with van der Waals surface area (Å²) >= 11 is 0. The van der Waals surface area contributed by atoms with E-state index in [1.807, 2.05) is 0 Å². The molecule has 1 aliphatic carbocycles. The topological polar surface area (TPSA) is 85.9 Å². The van der Waals surface area contributed by atoms with Crippen LogP contribution >= 0.6 is 0 Å². The Morgan fingerprint density at radius 3 is 2.59 bits per heavy atom. The average Bonchev–Trinajstić information content (AvgIpc) is 3.04. The van der Waals surface area contributed by atoms with Gasteiger partial charge in [-0.3, -0.25) is 0 Å². The van der Waals surface area contributed by atoms with Crippen molar-refractivity contribution < 1.29 is 23.8 Å². The van der Waals surface area contributed by atoms with Gasteiger partial charge in [0.05, 0.1) is 25.8 Å². The van der Waals surface area contributed by atoms with E-state index in [2.05, 4.69) is 17.6 Å². The lowest BCUT2D eigenvalue weighted by molar-refractivity contribution is -0.146. The van der Waals surface area contributed by atoms with Gasteiger partial charge in [-0.15, -0.1) is 0 Å². The molecule has 0 spiro atoms. The van der Waals surface area contributed by atoms with Crippen LogP contribution in [0.1, 0.15) is 44.7 Å². The van der Waals surface area contributed by atoms with Crippen molar-refractivity contribution in [1.29, 1.82) is 0 Å². The third-order valence-corrected chi connectivity index (χ3v) is 5.28. The summed E-state index contributed by atoms with van der Waals surface area (Å²) in [6, 6.07) is 4.20. The van der Waals surface area contributed by atoms with Crippen molar-refractivity contribution in [3.63, 3.8) is 0 Å². The summed E-state index contributed by atoms with van der Waals surface area (Å²) in [6.07, 6.45) is 2.88. The van der Waals surface area contributed by atoms with Gasteiger partial charge in [-0.1, -0.05) is 6.92 Å². The van der Waals surface area contributed by atoms with Crippen LogP contribution in [0.3, 0.4) is 0 Å². The van der Waals surface area contributed by atoms with Crippen molar-refractivity contribution in [3.05, 3.63) is 35.0 Å². The molecule has 2 N–H and O–H groups in total. The largest absolute Gasteiger partial charge is 0.497 e. The maximum Gasteiger partial charge on any atom is 0.338 e. The highest BCUT2D eigenvalue weighted by Crippen LogP contribution is 2.37. The zero-order valence-electron chi connectivity index (χ0n) is 16.1. The summed E-state index contributed by atoms with van der Waals surface area (Å²) in [6.45, 7) is 3.79. The Morgan fingerprint density at radius 2 is 1.96 bits per heavy atom. The van der Waals surface area contributed by atoms with Crippen molar-refractivity contribution in [3.8, 4) is 11.5 Å². The first-order valence-electron chi connectivity index (χ1n) is 9.15. The first kappa shape index (κ1) is 19.1. The Kier molecular flexibility index (Phi) is 5.58. The molecule has 7 heteroatoms. The molecule has 2 aliphatic rings. The van der Waals surface area contributed by atoms with E-state index in [9.17, 15) is 9.59 Å². The first-order valence-corrected chi connectivity index (χ1v) is 9.15. The summed E-state index contributed by atoms with van der Waals surface area (Å²) in [5.41, 5.74) is 1.49.